The zero-order valence-corrected chi connectivity index (χ0v) is 9.71. The summed E-state index contributed by atoms with van der Waals surface area (Å²) in [5, 5.41) is 0. The molecule has 0 aromatic heterocycles. The van der Waals surface area contributed by atoms with Crippen LogP contribution in [0.15, 0.2) is 24.3 Å². The van der Waals surface area contributed by atoms with Gasteiger partial charge in [0.2, 0.25) is 0 Å². The third-order valence-electron chi connectivity index (χ3n) is 3.54. The van der Waals surface area contributed by atoms with Gasteiger partial charge < -0.3 is 5.73 Å². The molecule has 0 aliphatic heterocycles. The average molecular weight is 221 g/mol. The van der Waals surface area contributed by atoms with Gasteiger partial charge in [-0.25, -0.2) is 4.39 Å². The van der Waals surface area contributed by atoms with Crippen molar-refractivity contribution < 1.29 is 4.39 Å². The molecule has 2 heteroatoms. The predicted molar refractivity (Wildman–Crippen MR) is 64.7 cm³/mol. The van der Waals surface area contributed by atoms with E-state index >= 15 is 0 Å². The maximum absolute atomic E-state index is 13.1. The van der Waals surface area contributed by atoms with E-state index in [-0.39, 0.29) is 11.4 Å². The molecule has 0 unspecified atom stereocenters. The van der Waals surface area contributed by atoms with Crippen molar-refractivity contribution in [2.24, 2.45) is 5.73 Å². The highest BCUT2D eigenvalue weighted by atomic mass is 19.1. The zero-order valence-electron chi connectivity index (χ0n) is 9.71. The number of nitrogens with two attached hydrogens (primary N) is 1. The lowest BCUT2D eigenvalue weighted by Gasteiger charge is -2.28. The molecule has 0 atom stereocenters. The van der Waals surface area contributed by atoms with Crippen LogP contribution in [0.5, 0.6) is 0 Å². The molecule has 1 nitrogen and oxygen atoms in total. The van der Waals surface area contributed by atoms with Crippen molar-refractivity contribution in [1.29, 1.82) is 0 Å². The van der Waals surface area contributed by atoms with Gasteiger partial charge in [-0.1, -0.05) is 37.8 Å². The molecule has 2 N–H and O–H groups in total. The molecule has 0 saturated heterocycles. The topological polar surface area (TPSA) is 26.0 Å². The quantitative estimate of drug-likeness (QED) is 0.761. The highest BCUT2D eigenvalue weighted by Gasteiger charge is 2.26. The number of halogens is 1. The van der Waals surface area contributed by atoms with Crippen molar-refractivity contribution in [2.45, 2.75) is 50.5 Å². The van der Waals surface area contributed by atoms with E-state index in [9.17, 15) is 4.39 Å². The van der Waals surface area contributed by atoms with Gasteiger partial charge in [0.05, 0.1) is 0 Å². The lowest BCUT2D eigenvalue weighted by molar-refractivity contribution is 0.368. The van der Waals surface area contributed by atoms with Crippen LogP contribution in [0.3, 0.4) is 0 Å². The molecule has 1 aliphatic rings. The number of benzene rings is 1. The summed E-state index contributed by atoms with van der Waals surface area (Å²) in [6, 6.07) is 6.84. The average Bonchev–Trinajstić information content (AvgIpc) is 2.43. The fraction of sp³-hybridized carbons (Fsp3) is 0.571. The van der Waals surface area contributed by atoms with Crippen LogP contribution in [0, 0.1) is 5.82 Å². The molecule has 2 rings (SSSR count). The van der Waals surface area contributed by atoms with E-state index in [0.29, 0.717) is 0 Å². The number of hydrogen-bond donors (Lipinski definition) is 1. The van der Waals surface area contributed by atoms with Crippen LogP contribution in [0.2, 0.25) is 0 Å². The maximum atomic E-state index is 13.1. The van der Waals surface area contributed by atoms with E-state index in [2.05, 4.69) is 0 Å². The summed E-state index contributed by atoms with van der Waals surface area (Å²) in [4.78, 5) is 0. The molecule has 1 aromatic carbocycles. The Morgan fingerprint density at radius 1 is 1.12 bits per heavy atom. The minimum Gasteiger partial charge on any atom is -0.325 e. The van der Waals surface area contributed by atoms with Gasteiger partial charge in [-0.2, -0.15) is 0 Å². The van der Waals surface area contributed by atoms with E-state index in [1.54, 1.807) is 12.1 Å². The van der Waals surface area contributed by atoms with Crippen LogP contribution in [-0.2, 0) is 6.42 Å². The zero-order chi connectivity index (χ0) is 11.4. The van der Waals surface area contributed by atoms with Crippen molar-refractivity contribution in [1.82, 2.24) is 0 Å². The van der Waals surface area contributed by atoms with Crippen molar-refractivity contribution in [3.05, 3.63) is 35.6 Å². The van der Waals surface area contributed by atoms with Crippen molar-refractivity contribution in [3.63, 3.8) is 0 Å². The molecular formula is C14H20FN. The first-order chi connectivity index (χ1) is 7.68. The Bertz CT molecular complexity index is 340. The monoisotopic (exact) mass is 221 g/mol. The largest absolute Gasteiger partial charge is 0.325 e. The number of rotatable bonds is 2. The molecule has 0 heterocycles. The second-order valence-electron chi connectivity index (χ2n) is 5.08. The van der Waals surface area contributed by atoms with Crippen LogP contribution < -0.4 is 5.73 Å². The van der Waals surface area contributed by atoms with Gasteiger partial charge in [0, 0.05) is 5.54 Å². The van der Waals surface area contributed by atoms with E-state index in [0.717, 1.165) is 24.8 Å². The predicted octanol–water partition coefficient (Wildman–Crippen LogP) is 3.42. The lowest BCUT2D eigenvalue weighted by atomic mass is 9.85. The summed E-state index contributed by atoms with van der Waals surface area (Å²) in [7, 11) is 0. The summed E-state index contributed by atoms with van der Waals surface area (Å²) in [6.45, 7) is 0. The number of hydrogen-bond acceptors (Lipinski definition) is 1. The third-order valence-corrected chi connectivity index (χ3v) is 3.54. The molecular weight excluding hydrogens is 201 g/mol. The van der Waals surface area contributed by atoms with Crippen LogP contribution in [0.4, 0.5) is 4.39 Å². The Hall–Kier alpha value is -0.890. The van der Waals surface area contributed by atoms with Crippen LogP contribution >= 0.6 is 0 Å². The van der Waals surface area contributed by atoms with E-state index in [4.69, 9.17) is 5.73 Å². The molecule has 88 valence electrons. The molecule has 0 radical (unpaired) electrons. The Balaban J connectivity index is 2.06. The van der Waals surface area contributed by atoms with Crippen molar-refractivity contribution >= 4 is 0 Å². The molecule has 0 bridgehead atoms. The normalized spacial score (nSPS) is 20.4. The second-order valence-corrected chi connectivity index (χ2v) is 5.08. The smallest absolute Gasteiger partial charge is 0.123 e. The van der Waals surface area contributed by atoms with Gasteiger partial charge >= 0.3 is 0 Å². The Kier molecular flexibility index (Phi) is 3.59. The maximum Gasteiger partial charge on any atom is 0.123 e. The molecule has 1 aromatic rings. The van der Waals surface area contributed by atoms with Crippen molar-refractivity contribution in [3.8, 4) is 0 Å². The first kappa shape index (κ1) is 11.6. The first-order valence-electron chi connectivity index (χ1n) is 6.21. The third kappa shape index (κ3) is 3.05. The van der Waals surface area contributed by atoms with E-state index < -0.39 is 0 Å². The second kappa shape index (κ2) is 4.96. The Labute approximate surface area is 96.9 Å². The molecule has 16 heavy (non-hydrogen) atoms. The highest BCUT2D eigenvalue weighted by molar-refractivity contribution is 5.19. The SMILES string of the molecule is NC1(Cc2cccc(F)c2)CCCCCC1. The van der Waals surface area contributed by atoms with Gasteiger partial charge in [0.15, 0.2) is 0 Å². The van der Waals surface area contributed by atoms with Gasteiger partial charge in [0.25, 0.3) is 0 Å². The van der Waals surface area contributed by atoms with E-state index in [1.165, 1.54) is 31.7 Å². The van der Waals surface area contributed by atoms with Gasteiger partial charge in [-0.3, -0.25) is 0 Å². The Morgan fingerprint density at radius 3 is 2.44 bits per heavy atom. The van der Waals surface area contributed by atoms with E-state index in [1.807, 2.05) is 6.07 Å². The van der Waals surface area contributed by atoms with Gasteiger partial charge in [-0.05, 0) is 37.0 Å². The summed E-state index contributed by atoms with van der Waals surface area (Å²) in [6.07, 6.45) is 7.97. The minimum absolute atomic E-state index is 0.107. The van der Waals surface area contributed by atoms with Crippen LogP contribution in [0.25, 0.3) is 0 Å². The first-order valence-corrected chi connectivity index (χ1v) is 6.21. The lowest BCUT2D eigenvalue weighted by Crippen LogP contribution is -2.41. The fourth-order valence-electron chi connectivity index (χ4n) is 2.66. The Morgan fingerprint density at radius 2 is 1.81 bits per heavy atom. The molecule has 1 aliphatic carbocycles. The van der Waals surface area contributed by atoms with Gasteiger partial charge in [0.1, 0.15) is 5.82 Å². The summed E-state index contributed by atoms with van der Waals surface area (Å²) in [5.74, 6) is -0.158. The fourth-order valence-corrected chi connectivity index (χ4v) is 2.66. The summed E-state index contributed by atoms with van der Waals surface area (Å²) < 4.78 is 13.1. The minimum atomic E-state index is -0.158. The van der Waals surface area contributed by atoms with Crippen LogP contribution in [-0.4, -0.2) is 5.54 Å². The van der Waals surface area contributed by atoms with Crippen LogP contribution in [0.1, 0.15) is 44.1 Å². The molecule has 0 amide bonds. The molecule has 1 saturated carbocycles. The summed E-state index contributed by atoms with van der Waals surface area (Å²) in [5.41, 5.74) is 7.34. The molecule has 1 fully saturated rings. The summed E-state index contributed by atoms with van der Waals surface area (Å²) >= 11 is 0. The van der Waals surface area contributed by atoms with Gasteiger partial charge in [-0.15, -0.1) is 0 Å². The molecule has 0 spiro atoms. The van der Waals surface area contributed by atoms with Crippen molar-refractivity contribution in [2.75, 3.05) is 0 Å². The standard InChI is InChI=1S/C14H20FN/c15-13-7-5-6-12(10-13)11-14(16)8-3-1-2-4-9-14/h5-7,10H,1-4,8-9,11,16H2. The highest BCUT2D eigenvalue weighted by Crippen LogP contribution is 2.28.